The van der Waals surface area contributed by atoms with Gasteiger partial charge in [-0.05, 0) is 17.7 Å². The number of methoxy groups -OCH3 is 1. The predicted octanol–water partition coefficient (Wildman–Crippen LogP) is 0.361. The van der Waals surface area contributed by atoms with E-state index in [9.17, 15) is 14.4 Å². The van der Waals surface area contributed by atoms with E-state index in [2.05, 4.69) is 15.4 Å². The maximum absolute atomic E-state index is 11.8. The molecule has 0 aliphatic rings. The van der Waals surface area contributed by atoms with E-state index < -0.39 is 6.09 Å². The first-order chi connectivity index (χ1) is 9.97. The van der Waals surface area contributed by atoms with Gasteiger partial charge in [-0.15, -0.1) is 0 Å². The molecule has 0 aliphatic heterocycles. The van der Waals surface area contributed by atoms with Gasteiger partial charge in [0.25, 0.3) is 5.91 Å². The molecular weight excluding hydrogens is 274 g/mol. The lowest BCUT2D eigenvalue weighted by atomic mass is 10.1. The number of benzene rings is 1. The van der Waals surface area contributed by atoms with E-state index in [1.165, 1.54) is 12.0 Å². The highest BCUT2D eigenvalue weighted by atomic mass is 16.5. The number of nitrogens with one attached hydrogen (secondary N) is 2. The third-order valence-corrected chi connectivity index (χ3v) is 2.86. The average Bonchev–Trinajstić information content (AvgIpc) is 2.51. The molecule has 7 heteroatoms. The smallest absolute Gasteiger partial charge is 0.407 e. The van der Waals surface area contributed by atoms with Gasteiger partial charge in [-0.1, -0.05) is 12.1 Å². The molecule has 0 radical (unpaired) electrons. The molecule has 0 spiro atoms. The number of rotatable bonds is 5. The topological polar surface area (TPSA) is 87.7 Å². The summed E-state index contributed by atoms with van der Waals surface area (Å²) in [6.07, 6.45) is -0.647. The summed E-state index contributed by atoms with van der Waals surface area (Å²) in [7, 11) is 4.43. The second kappa shape index (κ2) is 7.88. The van der Waals surface area contributed by atoms with Crippen molar-refractivity contribution in [3.63, 3.8) is 0 Å². The fourth-order valence-electron chi connectivity index (χ4n) is 1.62. The van der Waals surface area contributed by atoms with Crippen molar-refractivity contribution >= 4 is 17.9 Å². The zero-order chi connectivity index (χ0) is 15.8. The van der Waals surface area contributed by atoms with Crippen LogP contribution in [0.4, 0.5) is 4.79 Å². The van der Waals surface area contributed by atoms with Crippen molar-refractivity contribution in [1.29, 1.82) is 0 Å². The lowest BCUT2D eigenvalue weighted by Crippen LogP contribution is -2.37. The highest BCUT2D eigenvalue weighted by Gasteiger charge is 2.11. The molecule has 1 aromatic carbocycles. The van der Waals surface area contributed by atoms with E-state index in [4.69, 9.17) is 0 Å². The van der Waals surface area contributed by atoms with E-state index in [0.29, 0.717) is 12.1 Å². The van der Waals surface area contributed by atoms with Gasteiger partial charge in [-0.25, -0.2) is 4.79 Å². The molecule has 21 heavy (non-hydrogen) atoms. The van der Waals surface area contributed by atoms with E-state index in [0.717, 1.165) is 5.56 Å². The van der Waals surface area contributed by atoms with Crippen molar-refractivity contribution in [2.45, 2.75) is 6.54 Å². The lowest BCUT2D eigenvalue weighted by Gasteiger charge is -2.17. The van der Waals surface area contributed by atoms with Crippen LogP contribution >= 0.6 is 0 Å². The number of carbonyl (C=O) groups excluding carboxylic acids is 3. The summed E-state index contributed by atoms with van der Waals surface area (Å²) in [5.41, 5.74) is 1.44. The van der Waals surface area contributed by atoms with E-state index in [1.807, 2.05) is 0 Å². The summed E-state index contributed by atoms with van der Waals surface area (Å²) in [5.74, 6) is -0.399. The standard InChI is InChI=1S/C14H19N3O4/c1-15-13(19)11-6-4-10(5-7-11)9-17(2)12(18)8-16-14(20)21-3/h4-7H,8-9H2,1-3H3,(H,15,19)(H,16,20). The largest absolute Gasteiger partial charge is 0.453 e. The molecule has 2 N–H and O–H groups in total. The number of nitrogens with zero attached hydrogens (tertiary/aromatic N) is 1. The Bertz CT molecular complexity index is 513. The molecule has 1 aromatic rings. The number of carbonyl (C=O) groups is 3. The Morgan fingerprint density at radius 1 is 1.19 bits per heavy atom. The second-order valence-electron chi connectivity index (χ2n) is 4.37. The Morgan fingerprint density at radius 3 is 2.33 bits per heavy atom. The van der Waals surface area contributed by atoms with Gasteiger partial charge in [0.15, 0.2) is 0 Å². The molecule has 3 amide bonds. The first kappa shape index (κ1) is 16.5. The highest BCUT2D eigenvalue weighted by Crippen LogP contribution is 2.07. The molecule has 0 aliphatic carbocycles. The van der Waals surface area contributed by atoms with Crippen molar-refractivity contribution in [1.82, 2.24) is 15.5 Å². The third-order valence-electron chi connectivity index (χ3n) is 2.86. The first-order valence-corrected chi connectivity index (χ1v) is 6.34. The van der Waals surface area contributed by atoms with Crippen molar-refractivity contribution in [3.8, 4) is 0 Å². The molecular formula is C14H19N3O4. The number of alkyl carbamates (subject to hydrolysis) is 1. The highest BCUT2D eigenvalue weighted by molar-refractivity contribution is 5.93. The molecule has 0 aromatic heterocycles. The monoisotopic (exact) mass is 293 g/mol. The van der Waals surface area contributed by atoms with Crippen LogP contribution in [0.1, 0.15) is 15.9 Å². The van der Waals surface area contributed by atoms with Crippen LogP contribution in [0.25, 0.3) is 0 Å². The normalized spacial score (nSPS) is 9.67. The van der Waals surface area contributed by atoms with Gasteiger partial charge < -0.3 is 20.3 Å². The van der Waals surface area contributed by atoms with Crippen molar-refractivity contribution < 1.29 is 19.1 Å². The van der Waals surface area contributed by atoms with Gasteiger partial charge in [-0.2, -0.15) is 0 Å². The van der Waals surface area contributed by atoms with Crippen molar-refractivity contribution in [2.75, 3.05) is 27.7 Å². The van der Waals surface area contributed by atoms with Gasteiger partial charge in [0.2, 0.25) is 5.91 Å². The summed E-state index contributed by atoms with van der Waals surface area (Å²) in [6, 6.07) is 6.95. The Labute approximate surface area is 123 Å². The molecule has 1 rings (SSSR count). The Balaban J connectivity index is 2.54. The van der Waals surface area contributed by atoms with Gasteiger partial charge >= 0.3 is 6.09 Å². The number of amides is 3. The Kier molecular flexibility index (Phi) is 6.19. The third kappa shape index (κ3) is 5.13. The van der Waals surface area contributed by atoms with Crippen LogP contribution < -0.4 is 10.6 Å². The summed E-state index contributed by atoms with van der Waals surface area (Å²) < 4.78 is 4.39. The van der Waals surface area contributed by atoms with E-state index in [1.54, 1.807) is 38.4 Å². The molecule has 7 nitrogen and oxygen atoms in total. The first-order valence-electron chi connectivity index (χ1n) is 6.34. The molecule has 0 heterocycles. The molecule has 0 unspecified atom stereocenters. The number of likely N-dealkylation sites (N-methyl/N-ethyl adjacent to an activating group) is 1. The summed E-state index contributed by atoms with van der Waals surface area (Å²) >= 11 is 0. The van der Waals surface area contributed by atoms with Crippen LogP contribution in [0.3, 0.4) is 0 Å². The molecule has 0 atom stereocenters. The van der Waals surface area contributed by atoms with Crippen LogP contribution in [-0.2, 0) is 16.1 Å². The number of hydrogen-bond acceptors (Lipinski definition) is 4. The summed E-state index contributed by atoms with van der Waals surface area (Å²) in [6.45, 7) is 0.259. The quantitative estimate of drug-likeness (QED) is 0.820. The fraction of sp³-hybridized carbons (Fsp3) is 0.357. The Hall–Kier alpha value is -2.57. The predicted molar refractivity (Wildman–Crippen MR) is 76.7 cm³/mol. The molecule has 0 bridgehead atoms. The molecule has 114 valence electrons. The van der Waals surface area contributed by atoms with Crippen LogP contribution in [0.15, 0.2) is 24.3 Å². The number of ether oxygens (including phenoxy) is 1. The minimum absolute atomic E-state index is 0.125. The van der Waals surface area contributed by atoms with Crippen LogP contribution in [0.2, 0.25) is 0 Å². The van der Waals surface area contributed by atoms with Crippen molar-refractivity contribution in [2.24, 2.45) is 0 Å². The fourth-order valence-corrected chi connectivity index (χ4v) is 1.62. The second-order valence-corrected chi connectivity index (χ2v) is 4.37. The minimum atomic E-state index is -0.647. The van der Waals surface area contributed by atoms with Gasteiger partial charge in [-0.3, -0.25) is 9.59 Å². The van der Waals surface area contributed by atoms with Crippen LogP contribution in [-0.4, -0.2) is 50.6 Å². The van der Waals surface area contributed by atoms with Gasteiger partial charge in [0, 0.05) is 26.2 Å². The molecule has 0 fully saturated rings. The Morgan fingerprint density at radius 2 is 1.81 bits per heavy atom. The maximum Gasteiger partial charge on any atom is 0.407 e. The van der Waals surface area contributed by atoms with Crippen LogP contribution in [0.5, 0.6) is 0 Å². The zero-order valence-electron chi connectivity index (χ0n) is 12.3. The zero-order valence-corrected chi connectivity index (χ0v) is 12.3. The SMILES string of the molecule is CNC(=O)c1ccc(CN(C)C(=O)CNC(=O)OC)cc1. The van der Waals surface area contributed by atoms with Gasteiger partial charge in [0.1, 0.15) is 6.54 Å². The summed E-state index contributed by atoms with van der Waals surface area (Å²) in [5, 5.41) is 4.86. The minimum Gasteiger partial charge on any atom is -0.453 e. The molecule has 0 saturated carbocycles. The van der Waals surface area contributed by atoms with E-state index in [-0.39, 0.29) is 18.4 Å². The summed E-state index contributed by atoms with van der Waals surface area (Å²) in [4.78, 5) is 35.5. The maximum atomic E-state index is 11.8. The number of hydrogen-bond donors (Lipinski definition) is 2. The van der Waals surface area contributed by atoms with Crippen molar-refractivity contribution in [3.05, 3.63) is 35.4 Å². The van der Waals surface area contributed by atoms with Gasteiger partial charge in [0.05, 0.1) is 7.11 Å². The molecule has 0 saturated heterocycles. The van der Waals surface area contributed by atoms with E-state index >= 15 is 0 Å². The van der Waals surface area contributed by atoms with Crippen LogP contribution in [0, 0.1) is 0 Å². The average molecular weight is 293 g/mol. The lowest BCUT2D eigenvalue weighted by molar-refractivity contribution is -0.129.